The number of aliphatic hydroxyl groups excluding tert-OH is 2. The number of nitrogens with two attached hydrogens (primary N) is 1. The highest BCUT2D eigenvalue weighted by Gasteiger charge is 2.58. The molecular formula is C31H52N5O8P. The van der Waals surface area contributed by atoms with E-state index in [1.165, 1.54) is 100 Å². The van der Waals surface area contributed by atoms with Crippen LogP contribution in [0.25, 0.3) is 5.52 Å². The van der Waals surface area contributed by atoms with Gasteiger partial charge in [-0.2, -0.15) is 10.4 Å². The van der Waals surface area contributed by atoms with Gasteiger partial charge in [-0.3, -0.25) is 9.05 Å². The Kier molecular flexibility index (Phi) is 16.2. The first kappa shape index (κ1) is 37.3. The summed E-state index contributed by atoms with van der Waals surface area (Å²) in [6, 6.07) is 4.92. The predicted octanol–water partition coefficient (Wildman–Crippen LogP) is 5.17. The first-order valence-corrected chi connectivity index (χ1v) is 18.0. The maximum absolute atomic E-state index is 12.4. The van der Waals surface area contributed by atoms with Gasteiger partial charge in [0.05, 0.1) is 25.5 Å². The average molecular weight is 654 g/mol. The number of hydrogen-bond donors (Lipinski definition) is 4. The Morgan fingerprint density at radius 3 is 2.16 bits per heavy atom. The van der Waals surface area contributed by atoms with E-state index in [4.69, 9.17) is 24.3 Å². The van der Waals surface area contributed by atoms with Crippen LogP contribution in [0.2, 0.25) is 0 Å². The van der Waals surface area contributed by atoms with Crippen LogP contribution < -0.4 is 5.73 Å². The van der Waals surface area contributed by atoms with E-state index in [2.05, 4.69) is 17.0 Å². The minimum absolute atomic E-state index is 0.109. The number of nitrogens with zero attached hydrogens (tertiary/aromatic N) is 4. The summed E-state index contributed by atoms with van der Waals surface area (Å²) in [4.78, 5) is 14.0. The number of aliphatic hydroxyl groups is 2. The summed E-state index contributed by atoms with van der Waals surface area (Å²) in [5.41, 5.74) is 4.30. The number of phosphoric acid groups is 1. The molecule has 2 aromatic heterocycles. The van der Waals surface area contributed by atoms with Gasteiger partial charge in [-0.15, -0.1) is 0 Å². The highest BCUT2D eigenvalue weighted by molar-refractivity contribution is 7.47. The summed E-state index contributed by atoms with van der Waals surface area (Å²) in [6.07, 6.45) is 15.9. The second kappa shape index (κ2) is 19.5. The van der Waals surface area contributed by atoms with Crippen molar-refractivity contribution in [1.29, 1.82) is 5.26 Å². The molecule has 3 heterocycles. The standard InChI is InChI=1S/C31H52N5O8P/c1-2-3-4-5-6-7-8-9-10-11-12-13-14-15-16-19-41-20-21-42-45(39,40)43-22-26-28(37)29(38)31(23-32,44-26)27-18-17-25-30(33)34-24-35-36(25)27/h17-18,24,26,28-29,37-38H,2-16,19-22H2,1H3,(H,39,40)(H2,33,34,35)/t26-,28-,29-,31+/m1/s1. The van der Waals surface area contributed by atoms with Crippen LogP contribution in [0.4, 0.5) is 5.82 Å². The summed E-state index contributed by atoms with van der Waals surface area (Å²) < 4.78 is 34.9. The lowest BCUT2D eigenvalue weighted by Gasteiger charge is -2.24. The van der Waals surface area contributed by atoms with E-state index in [9.17, 15) is 24.9 Å². The molecule has 0 bridgehead atoms. The molecule has 45 heavy (non-hydrogen) atoms. The number of rotatable bonds is 24. The average Bonchev–Trinajstić information content (AvgIpc) is 3.57. The molecular weight excluding hydrogens is 601 g/mol. The molecule has 1 unspecified atom stereocenters. The maximum atomic E-state index is 12.4. The molecule has 1 aliphatic rings. The van der Waals surface area contributed by atoms with Gasteiger partial charge in [0.2, 0.25) is 5.60 Å². The first-order valence-electron chi connectivity index (χ1n) is 16.5. The largest absolute Gasteiger partial charge is 0.472 e. The molecule has 3 rings (SSSR count). The van der Waals surface area contributed by atoms with E-state index in [0.717, 1.165) is 12.8 Å². The van der Waals surface area contributed by atoms with Crippen molar-refractivity contribution in [2.45, 2.75) is 127 Å². The van der Waals surface area contributed by atoms with E-state index in [0.29, 0.717) is 12.1 Å². The van der Waals surface area contributed by atoms with Crippen LogP contribution in [0, 0.1) is 11.3 Å². The van der Waals surface area contributed by atoms with Crippen molar-refractivity contribution in [3.63, 3.8) is 0 Å². The van der Waals surface area contributed by atoms with Gasteiger partial charge in [-0.25, -0.2) is 14.1 Å². The summed E-state index contributed by atoms with van der Waals surface area (Å²) in [7, 11) is -4.52. The van der Waals surface area contributed by atoms with Crippen molar-refractivity contribution in [1.82, 2.24) is 14.6 Å². The lowest BCUT2D eigenvalue weighted by molar-refractivity contribution is -0.0646. The lowest BCUT2D eigenvalue weighted by Crippen LogP contribution is -2.41. The SMILES string of the molecule is CCCCCCCCCCCCCCCCCOCCOP(=O)(O)OC[C@H]1O[C@@](C#N)(c2ccc3c(N)ncnn23)[C@H](O)[C@@H]1O. The van der Waals surface area contributed by atoms with Crippen LogP contribution in [0.3, 0.4) is 0 Å². The van der Waals surface area contributed by atoms with Crippen molar-refractivity contribution < 1.29 is 38.2 Å². The minimum atomic E-state index is -4.52. The number of fused-ring (bicyclic) bond motifs is 1. The first-order chi connectivity index (χ1) is 21.8. The van der Waals surface area contributed by atoms with Crippen LogP contribution in [-0.4, -0.2) is 74.4 Å². The van der Waals surface area contributed by atoms with Crippen molar-refractivity contribution in [3.05, 3.63) is 24.2 Å². The van der Waals surface area contributed by atoms with Crippen LogP contribution in [-0.2, 0) is 28.7 Å². The highest BCUT2D eigenvalue weighted by atomic mass is 31.2. The van der Waals surface area contributed by atoms with Crippen LogP contribution in [0.15, 0.2) is 18.5 Å². The monoisotopic (exact) mass is 653 g/mol. The van der Waals surface area contributed by atoms with E-state index in [1.54, 1.807) is 6.07 Å². The zero-order valence-electron chi connectivity index (χ0n) is 26.6. The number of nitrogen functional groups attached to an aromatic ring is 1. The van der Waals surface area contributed by atoms with Crippen molar-refractivity contribution in [2.24, 2.45) is 0 Å². The Bertz CT molecular complexity index is 1230. The van der Waals surface area contributed by atoms with Crippen molar-refractivity contribution in [2.75, 3.05) is 32.2 Å². The molecule has 0 radical (unpaired) electrons. The van der Waals surface area contributed by atoms with Gasteiger partial charge < -0.3 is 30.3 Å². The Hall–Kier alpha value is -2.14. The molecule has 254 valence electrons. The van der Waals surface area contributed by atoms with Gasteiger partial charge in [-0.1, -0.05) is 96.8 Å². The molecule has 2 aromatic rings. The molecule has 5 N–H and O–H groups in total. The summed E-state index contributed by atoms with van der Waals surface area (Å²) >= 11 is 0. The second-order valence-corrected chi connectivity index (χ2v) is 13.2. The molecule has 0 aromatic carbocycles. The van der Waals surface area contributed by atoms with Gasteiger partial charge in [0.25, 0.3) is 0 Å². The predicted molar refractivity (Wildman–Crippen MR) is 169 cm³/mol. The second-order valence-electron chi connectivity index (χ2n) is 11.8. The molecule has 0 amide bonds. The number of nitriles is 1. The van der Waals surface area contributed by atoms with Gasteiger partial charge in [0, 0.05) is 6.61 Å². The van der Waals surface area contributed by atoms with E-state index in [1.807, 2.05) is 6.07 Å². The Labute approximate surface area is 266 Å². The fraction of sp³-hybridized carbons (Fsp3) is 0.774. The van der Waals surface area contributed by atoms with E-state index >= 15 is 0 Å². The number of ether oxygens (including phenoxy) is 2. The molecule has 5 atom stereocenters. The topological polar surface area (TPSA) is 195 Å². The number of phosphoric ester groups is 1. The third-order valence-electron chi connectivity index (χ3n) is 8.26. The Balaban J connectivity index is 1.23. The number of unbranched alkanes of at least 4 members (excludes halogenated alkanes) is 14. The fourth-order valence-corrected chi connectivity index (χ4v) is 6.36. The van der Waals surface area contributed by atoms with E-state index < -0.39 is 38.3 Å². The fourth-order valence-electron chi connectivity index (χ4n) is 5.64. The van der Waals surface area contributed by atoms with E-state index in [-0.39, 0.29) is 24.7 Å². The van der Waals surface area contributed by atoms with Gasteiger partial charge in [-0.05, 0) is 18.6 Å². The minimum Gasteiger partial charge on any atom is -0.387 e. The quantitative estimate of drug-likeness (QED) is 0.0858. The van der Waals surface area contributed by atoms with Crippen LogP contribution >= 0.6 is 7.82 Å². The lowest BCUT2D eigenvalue weighted by atomic mass is 9.92. The Morgan fingerprint density at radius 2 is 1.56 bits per heavy atom. The number of hydrogen-bond acceptors (Lipinski definition) is 11. The zero-order valence-corrected chi connectivity index (χ0v) is 27.5. The third kappa shape index (κ3) is 11.3. The molecule has 0 aliphatic carbocycles. The van der Waals surface area contributed by atoms with Crippen molar-refractivity contribution >= 4 is 19.2 Å². The van der Waals surface area contributed by atoms with Crippen molar-refractivity contribution in [3.8, 4) is 6.07 Å². The molecule has 1 saturated heterocycles. The normalized spacial score (nSPS) is 23.0. The summed E-state index contributed by atoms with van der Waals surface area (Å²) in [6.45, 7) is 2.14. The molecule has 0 spiro atoms. The smallest absolute Gasteiger partial charge is 0.387 e. The molecule has 14 heteroatoms. The maximum Gasteiger partial charge on any atom is 0.472 e. The van der Waals surface area contributed by atoms with Crippen LogP contribution in [0.1, 0.15) is 109 Å². The number of aromatic nitrogens is 3. The molecule has 1 fully saturated rings. The summed E-state index contributed by atoms with van der Waals surface area (Å²) in [5.74, 6) is 0.148. The molecule has 1 aliphatic heterocycles. The van der Waals surface area contributed by atoms with Gasteiger partial charge >= 0.3 is 7.82 Å². The van der Waals surface area contributed by atoms with Crippen LogP contribution in [0.5, 0.6) is 0 Å². The third-order valence-corrected chi connectivity index (χ3v) is 9.25. The zero-order chi connectivity index (χ0) is 32.5. The van der Waals surface area contributed by atoms with Gasteiger partial charge in [0.1, 0.15) is 36.2 Å². The molecule has 0 saturated carbocycles. The molecule has 13 nitrogen and oxygen atoms in total. The summed E-state index contributed by atoms with van der Waals surface area (Å²) in [5, 5.41) is 35.4. The highest BCUT2D eigenvalue weighted by Crippen LogP contribution is 2.46. The van der Waals surface area contributed by atoms with Gasteiger partial charge in [0.15, 0.2) is 5.82 Å². The number of anilines is 1. The Morgan fingerprint density at radius 1 is 0.956 bits per heavy atom.